The molecule has 1 amide bonds. The molecule has 1 N–H and O–H groups in total. The number of carbonyl (C=O) groups excluding carboxylic acids is 1. The predicted octanol–water partition coefficient (Wildman–Crippen LogP) is 6.99. The van der Waals surface area contributed by atoms with Crippen LogP contribution in [0.2, 0.25) is 5.02 Å². The van der Waals surface area contributed by atoms with E-state index >= 15 is 0 Å². The minimum atomic E-state index is -0.327. The van der Waals surface area contributed by atoms with E-state index < -0.39 is 0 Å². The van der Waals surface area contributed by atoms with E-state index in [1.807, 2.05) is 56.3 Å². The minimum Gasteiger partial charge on any atom is -0.501 e. The number of carbonyl (C=O) groups is 1. The van der Waals surface area contributed by atoms with Crippen LogP contribution in [0.15, 0.2) is 60.3 Å². The molecular formula is C38H52ClN5O4. The van der Waals surface area contributed by atoms with Gasteiger partial charge >= 0.3 is 0 Å². The Morgan fingerprint density at radius 1 is 1.00 bits per heavy atom. The van der Waals surface area contributed by atoms with E-state index in [0.717, 1.165) is 54.7 Å². The van der Waals surface area contributed by atoms with Gasteiger partial charge in [0, 0.05) is 37.5 Å². The van der Waals surface area contributed by atoms with E-state index in [4.69, 9.17) is 31.0 Å². The van der Waals surface area contributed by atoms with Gasteiger partial charge in [0.25, 0.3) is 0 Å². The van der Waals surface area contributed by atoms with Gasteiger partial charge in [-0.2, -0.15) is 0 Å². The SMILES string of the molecule is COC1=CC2CC(=O)N(c3cnc(N(C)CC4CCC([C@@H]5CCC(O)N(C)C5)CC4)cn3)C(c3ccc(Cl)cc3)C2C=C(OC(C)C)C1. The van der Waals surface area contributed by atoms with Gasteiger partial charge in [-0.1, -0.05) is 23.7 Å². The molecule has 2 aliphatic heterocycles. The lowest BCUT2D eigenvalue weighted by atomic mass is 9.73. The van der Waals surface area contributed by atoms with Crippen LogP contribution >= 0.6 is 11.6 Å². The molecule has 4 unspecified atom stereocenters. The van der Waals surface area contributed by atoms with Gasteiger partial charge in [-0.3, -0.25) is 14.6 Å². The second kappa shape index (κ2) is 15.2. The van der Waals surface area contributed by atoms with Gasteiger partial charge in [0.2, 0.25) is 5.91 Å². The van der Waals surface area contributed by atoms with Crippen LogP contribution in [0, 0.1) is 29.6 Å². The summed E-state index contributed by atoms with van der Waals surface area (Å²) in [5.74, 6) is 4.94. The molecule has 3 fully saturated rings. The second-order valence-electron chi connectivity index (χ2n) is 14.7. The molecule has 1 aromatic heterocycles. The third kappa shape index (κ3) is 7.84. The fourth-order valence-electron chi connectivity index (χ4n) is 8.46. The number of allylic oxidation sites excluding steroid dienone is 1. The number of likely N-dealkylation sites (tertiary alicyclic amines) is 1. The number of fused-ring (bicyclic) bond motifs is 1. The lowest BCUT2D eigenvalue weighted by molar-refractivity contribution is -0.122. The Bertz CT molecular complexity index is 1460. The van der Waals surface area contributed by atoms with Gasteiger partial charge in [0.05, 0.1) is 43.8 Å². The van der Waals surface area contributed by atoms with Crippen molar-refractivity contribution in [3.8, 4) is 0 Å². The number of aliphatic hydroxyl groups is 1. The van der Waals surface area contributed by atoms with Crippen LogP contribution in [0.1, 0.15) is 76.8 Å². The summed E-state index contributed by atoms with van der Waals surface area (Å²) < 4.78 is 12.0. The van der Waals surface area contributed by atoms with E-state index in [9.17, 15) is 9.90 Å². The van der Waals surface area contributed by atoms with Crippen molar-refractivity contribution < 1.29 is 19.4 Å². The van der Waals surface area contributed by atoms with Gasteiger partial charge in [-0.25, -0.2) is 9.97 Å². The average molecular weight is 678 g/mol. The molecule has 9 nitrogen and oxygen atoms in total. The Balaban J connectivity index is 1.19. The van der Waals surface area contributed by atoms with E-state index in [2.05, 4.69) is 29.0 Å². The molecule has 260 valence electrons. The quantitative estimate of drug-likeness (QED) is 0.304. The molecule has 0 radical (unpaired) electrons. The number of halogens is 1. The number of aromatic nitrogens is 2. The number of rotatable bonds is 9. The molecular weight excluding hydrogens is 626 g/mol. The first kappa shape index (κ1) is 34.7. The predicted molar refractivity (Wildman–Crippen MR) is 189 cm³/mol. The first-order valence-electron chi connectivity index (χ1n) is 17.7. The summed E-state index contributed by atoms with van der Waals surface area (Å²) in [6.07, 6.45) is 15.4. The highest BCUT2D eigenvalue weighted by molar-refractivity contribution is 6.30. The molecule has 1 saturated carbocycles. The van der Waals surface area contributed by atoms with Crippen LogP contribution in [0.25, 0.3) is 0 Å². The maximum atomic E-state index is 14.0. The lowest BCUT2D eigenvalue weighted by Gasteiger charge is -2.43. The Morgan fingerprint density at radius 3 is 2.38 bits per heavy atom. The zero-order valence-corrected chi connectivity index (χ0v) is 29.9. The van der Waals surface area contributed by atoms with Crippen molar-refractivity contribution in [3.63, 3.8) is 0 Å². The maximum Gasteiger partial charge on any atom is 0.229 e. The Labute approximate surface area is 291 Å². The van der Waals surface area contributed by atoms with Crippen LogP contribution in [-0.2, 0) is 14.3 Å². The lowest BCUT2D eigenvalue weighted by Crippen LogP contribution is -2.46. The highest BCUT2D eigenvalue weighted by atomic mass is 35.5. The number of hydrogen-bond donors (Lipinski definition) is 1. The summed E-state index contributed by atoms with van der Waals surface area (Å²) in [6.45, 7) is 5.98. The van der Waals surface area contributed by atoms with Crippen molar-refractivity contribution in [2.24, 2.45) is 29.6 Å². The third-order valence-corrected chi connectivity index (χ3v) is 11.2. The molecule has 10 heteroatoms. The van der Waals surface area contributed by atoms with E-state index in [0.29, 0.717) is 35.5 Å². The number of amides is 1. The zero-order valence-electron chi connectivity index (χ0n) is 29.1. The molecule has 0 spiro atoms. The topological polar surface area (TPSA) is 91.3 Å². The Hall–Kier alpha value is -3.14. The average Bonchev–Trinajstić information content (AvgIpc) is 3.24. The number of anilines is 2. The Morgan fingerprint density at radius 2 is 1.73 bits per heavy atom. The molecule has 1 aromatic carbocycles. The second-order valence-corrected chi connectivity index (χ2v) is 15.1. The van der Waals surface area contributed by atoms with E-state index in [1.54, 1.807) is 13.3 Å². The molecule has 6 rings (SSSR count). The monoisotopic (exact) mass is 677 g/mol. The maximum absolute atomic E-state index is 14.0. The summed E-state index contributed by atoms with van der Waals surface area (Å²) in [5.41, 5.74) is 0.978. The largest absolute Gasteiger partial charge is 0.501 e. The highest BCUT2D eigenvalue weighted by Gasteiger charge is 2.44. The molecule has 5 atom stereocenters. The normalized spacial score (nSPS) is 29.9. The molecule has 2 aliphatic carbocycles. The number of hydrogen-bond acceptors (Lipinski definition) is 8. The number of benzene rings is 1. The number of methoxy groups -OCH3 is 1. The smallest absolute Gasteiger partial charge is 0.229 e. The highest BCUT2D eigenvalue weighted by Crippen LogP contribution is 2.46. The fourth-order valence-corrected chi connectivity index (χ4v) is 8.59. The standard InChI is InChI=1S/C38H52ClN5O4/c1-24(2)48-32-18-31(47-5)16-29-17-37(46)44(38(33(29)19-32)27-10-13-30(39)14-11-27)35-21-40-34(20-41-35)42(3)22-25-6-8-26(9-7-25)28-12-15-36(45)43(4)23-28/h10-11,13-14,16,19-21,24-26,28-29,33,36,38,45H,6-9,12,15,17-18,22-23H2,1-5H3/t25?,26?,28-,29?,33?,36?,38?/m1/s1. The van der Waals surface area contributed by atoms with Crippen molar-refractivity contribution >= 4 is 29.1 Å². The number of aliphatic hydroxyl groups excluding tert-OH is 1. The molecule has 2 aromatic rings. The Kier molecular flexibility index (Phi) is 11.0. The molecule has 4 aliphatic rings. The van der Waals surface area contributed by atoms with Crippen molar-refractivity contribution in [2.75, 3.05) is 44.1 Å². The van der Waals surface area contributed by atoms with E-state index in [-0.39, 0.29) is 36.1 Å². The molecule has 0 bridgehead atoms. The summed E-state index contributed by atoms with van der Waals surface area (Å²) in [7, 11) is 5.81. The minimum absolute atomic E-state index is 0.00429. The van der Waals surface area contributed by atoms with Crippen molar-refractivity contribution in [2.45, 2.75) is 83.6 Å². The van der Waals surface area contributed by atoms with Crippen molar-refractivity contribution in [3.05, 3.63) is 70.9 Å². The summed E-state index contributed by atoms with van der Waals surface area (Å²) in [5, 5.41) is 10.7. The van der Waals surface area contributed by atoms with Crippen LogP contribution in [0.3, 0.4) is 0 Å². The summed E-state index contributed by atoms with van der Waals surface area (Å²) in [6, 6.07) is 7.42. The number of ether oxygens (including phenoxy) is 2. The van der Waals surface area contributed by atoms with Gasteiger partial charge in [0.1, 0.15) is 17.8 Å². The number of piperidine rings is 2. The zero-order chi connectivity index (χ0) is 33.9. The van der Waals surface area contributed by atoms with Crippen LogP contribution < -0.4 is 9.80 Å². The van der Waals surface area contributed by atoms with Crippen molar-refractivity contribution in [1.29, 1.82) is 0 Å². The first-order valence-corrected chi connectivity index (χ1v) is 18.1. The third-order valence-electron chi connectivity index (χ3n) is 11.0. The summed E-state index contributed by atoms with van der Waals surface area (Å²) >= 11 is 6.31. The van der Waals surface area contributed by atoms with E-state index in [1.165, 1.54) is 25.7 Å². The first-order chi connectivity index (χ1) is 23.1. The van der Waals surface area contributed by atoms with Gasteiger partial charge < -0.3 is 19.5 Å². The van der Waals surface area contributed by atoms with Gasteiger partial charge in [0.15, 0.2) is 5.82 Å². The van der Waals surface area contributed by atoms with Gasteiger partial charge in [-0.15, -0.1) is 0 Å². The van der Waals surface area contributed by atoms with Crippen molar-refractivity contribution in [1.82, 2.24) is 14.9 Å². The molecule has 2 saturated heterocycles. The van der Waals surface area contributed by atoms with Gasteiger partial charge in [-0.05, 0) is 113 Å². The van der Waals surface area contributed by atoms with Crippen LogP contribution in [0.4, 0.5) is 11.6 Å². The van der Waals surface area contributed by atoms with Crippen LogP contribution in [-0.4, -0.2) is 72.5 Å². The molecule has 48 heavy (non-hydrogen) atoms. The fraction of sp³-hybridized carbons (Fsp3) is 0.605. The molecule has 3 heterocycles. The number of nitrogens with zero attached hydrogens (tertiary/aromatic N) is 5. The summed E-state index contributed by atoms with van der Waals surface area (Å²) in [4.78, 5) is 29.9. The van der Waals surface area contributed by atoms with Crippen LogP contribution in [0.5, 0.6) is 0 Å².